The molecule has 0 radical (unpaired) electrons. The fraction of sp³-hybridized carbons (Fsp3) is 0.556. The van der Waals surface area contributed by atoms with Crippen molar-refractivity contribution in [3.05, 3.63) is 18.3 Å². The normalized spacial score (nSPS) is 25.9. The number of aliphatic hydroxyl groups is 2. The molecule has 6 heteroatoms. The first-order valence-electron chi connectivity index (χ1n) is 4.72. The molecule has 2 atom stereocenters. The molecule has 1 fully saturated rings. The van der Waals surface area contributed by atoms with Gasteiger partial charge in [-0.25, -0.2) is 9.97 Å². The summed E-state index contributed by atoms with van der Waals surface area (Å²) < 4.78 is 12.8. The van der Waals surface area contributed by atoms with Crippen LogP contribution in [-0.2, 0) is 0 Å². The van der Waals surface area contributed by atoms with Crippen LogP contribution in [0.4, 0.5) is 10.2 Å². The van der Waals surface area contributed by atoms with Crippen LogP contribution in [-0.4, -0.2) is 46.0 Å². The lowest BCUT2D eigenvalue weighted by molar-refractivity contribution is 0.104. The maximum Gasteiger partial charge on any atom is 0.218 e. The van der Waals surface area contributed by atoms with Gasteiger partial charge in [0.25, 0.3) is 0 Å². The minimum atomic E-state index is -0.595. The number of hydrogen-bond acceptors (Lipinski definition) is 5. The van der Waals surface area contributed by atoms with E-state index < -0.39 is 12.1 Å². The number of β-amino-alcohol motifs (C(OH)–C–C–N with tert-alkyl or cyclic N) is 1. The van der Waals surface area contributed by atoms with Crippen molar-refractivity contribution < 1.29 is 14.6 Å². The fourth-order valence-electron chi connectivity index (χ4n) is 1.72. The summed E-state index contributed by atoms with van der Waals surface area (Å²) in [6, 6.07) is 1.21. The molecule has 0 bridgehead atoms. The zero-order valence-electron chi connectivity index (χ0n) is 8.04. The van der Waals surface area contributed by atoms with E-state index in [0.717, 1.165) is 6.33 Å². The summed E-state index contributed by atoms with van der Waals surface area (Å²) in [4.78, 5) is 8.99. The highest BCUT2D eigenvalue weighted by atomic mass is 19.1. The van der Waals surface area contributed by atoms with E-state index in [1.165, 1.54) is 6.07 Å². The average Bonchev–Trinajstić information content (AvgIpc) is 2.60. The number of hydrogen-bond donors (Lipinski definition) is 2. The molecule has 5 nitrogen and oxygen atoms in total. The van der Waals surface area contributed by atoms with Gasteiger partial charge in [0.1, 0.15) is 12.1 Å². The highest BCUT2D eigenvalue weighted by Gasteiger charge is 2.31. The second kappa shape index (κ2) is 4.08. The topological polar surface area (TPSA) is 69.5 Å². The Labute approximate surface area is 86.2 Å². The highest BCUT2D eigenvalue weighted by Crippen LogP contribution is 2.21. The van der Waals surface area contributed by atoms with Gasteiger partial charge < -0.3 is 15.1 Å². The second-order valence-corrected chi connectivity index (χ2v) is 3.61. The number of rotatable bonds is 2. The summed E-state index contributed by atoms with van der Waals surface area (Å²) >= 11 is 0. The zero-order valence-corrected chi connectivity index (χ0v) is 8.04. The summed E-state index contributed by atoms with van der Waals surface area (Å²) in [7, 11) is 0. The van der Waals surface area contributed by atoms with E-state index in [1.54, 1.807) is 4.90 Å². The molecule has 1 aromatic rings. The Morgan fingerprint density at radius 3 is 2.87 bits per heavy atom. The van der Waals surface area contributed by atoms with E-state index >= 15 is 0 Å². The highest BCUT2D eigenvalue weighted by molar-refractivity contribution is 5.39. The van der Waals surface area contributed by atoms with Gasteiger partial charge in [0.05, 0.1) is 12.7 Å². The first-order chi connectivity index (χ1) is 7.20. The van der Waals surface area contributed by atoms with Crippen molar-refractivity contribution in [2.45, 2.75) is 6.10 Å². The van der Waals surface area contributed by atoms with Gasteiger partial charge in [-0.15, -0.1) is 0 Å². The predicted molar refractivity (Wildman–Crippen MR) is 50.8 cm³/mol. The van der Waals surface area contributed by atoms with Crippen molar-refractivity contribution in [2.24, 2.45) is 5.92 Å². The minimum Gasteiger partial charge on any atom is -0.396 e. The molecule has 0 amide bonds. The standard InChI is InChI=1S/C9H12FN3O2/c10-8-1-9(12-5-11-8)13-2-6(4-14)7(15)3-13/h1,5-7,14-15H,2-4H2. The van der Waals surface area contributed by atoms with Crippen LogP contribution in [0.3, 0.4) is 0 Å². The summed E-state index contributed by atoms with van der Waals surface area (Å²) in [5, 5.41) is 18.5. The minimum absolute atomic E-state index is 0.0781. The van der Waals surface area contributed by atoms with E-state index in [4.69, 9.17) is 5.11 Å². The summed E-state index contributed by atoms with van der Waals surface area (Å²) in [6.45, 7) is 0.765. The Morgan fingerprint density at radius 1 is 1.47 bits per heavy atom. The molecule has 1 saturated heterocycles. The maximum absolute atomic E-state index is 12.8. The lowest BCUT2D eigenvalue weighted by atomic mass is 10.1. The number of aromatic nitrogens is 2. The molecule has 2 rings (SSSR count). The fourth-order valence-corrected chi connectivity index (χ4v) is 1.72. The molecule has 2 N–H and O–H groups in total. The average molecular weight is 213 g/mol. The van der Waals surface area contributed by atoms with Gasteiger partial charge >= 0.3 is 0 Å². The van der Waals surface area contributed by atoms with Crippen LogP contribution in [0, 0.1) is 11.9 Å². The number of aliphatic hydroxyl groups excluding tert-OH is 2. The van der Waals surface area contributed by atoms with Crippen LogP contribution in [0.1, 0.15) is 0 Å². The molecular weight excluding hydrogens is 201 g/mol. The van der Waals surface area contributed by atoms with Crippen LogP contribution in [0.5, 0.6) is 0 Å². The van der Waals surface area contributed by atoms with Gasteiger partial charge in [-0.05, 0) is 0 Å². The van der Waals surface area contributed by atoms with Gasteiger partial charge in [-0.1, -0.05) is 0 Å². The lowest BCUT2D eigenvalue weighted by Crippen LogP contribution is -2.22. The Kier molecular flexibility index (Phi) is 2.79. The Morgan fingerprint density at radius 2 is 2.27 bits per heavy atom. The van der Waals surface area contributed by atoms with E-state index in [-0.39, 0.29) is 12.5 Å². The quantitative estimate of drug-likeness (QED) is 0.642. The molecule has 1 aromatic heterocycles. The Balaban J connectivity index is 2.13. The Hall–Kier alpha value is -1.27. The largest absolute Gasteiger partial charge is 0.396 e. The summed E-state index contributed by atoms with van der Waals surface area (Å²) in [5.74, 6) is -0.345. The van der Waals surface area contributed by atoms with Crippen LogP contribution in [0.25, 0.3) is 0 Å². The molecule has 2 unspecified atom stereocenters. The van der Waals surface area contributed by atoms with E-state index in [9.17, 15) is 9.50 Å². The van der Waals surface area contributed by atoms with Crippen LogP contribution in [0.15, 0.2) is 12.4 Å². The first-order valence-corrected chi connectivity index (χ1v) is 4.72. The maximum atomic E-state index is 12.8. The molecule has 1 aliphatic heterocycles. The van der Waals surface area contributed by atoms with E-state index in [1.807, 2.05) is 0 Å². The third kappa shape index (κ3) is 2.05. The Bertz CT molecular complexity index is 350. The van der Waals surface area contributed by atoms with Crippen molar-refractivity contribution >= 4 is 5.82 Å². The van der Waals surface area contributed by atoms with Gasteiger partial charge in [-0.2, -0.15) is 4.39 Å². The lowest BCUT2D eigenvalue weighted by Gasteiger charge is -2.15. The van der Waals surface area contributed by atoms with Gasteiger partial charge in [-0.3, -0.25) is 0 Å². The molecule has 2 heterocycles. The third-order valence-electron chi connectivity index (χ3n) is 2.58. The van der Waals surface area contributed by atoms with Crippen molar-refractivity contribution in [3.63, 3.8) is 0 Å². The smallest absolute Gasteiger partial charge is 0.218 e. The molecule has 15 heavy (non-hydrogen) atoms. The number of anilines is 1. The molecule has 1 aliphatic rings. The SMILES string of the molecule is OCC1CN(c2cc(F)ncn2)CC1O. The van der Waals surface area contributed by atoms with E-state index in [0.29, 0.717) is 18.9 Å². The third-order valence-corrected chi connectivity index (χ3v) is 2.58. The first kappa shape index (κ1) is 10.3. The molecule has 82 valence electrons. The van der Waals surface area contributed by atoms with Gasteiger partial charge in [0.15, 0.2) is 0 Å². The summed E-state index contributed by atoms with van der Waals surface area (Å²) in [6.07, 6.45) is 0.552. The zero-order chi connectivity index (χ0) is 10.8. The van der Waals surface area contributed by atoms with Crippen molar-refractivity contribution in [3.8, 4) is 0 Å². The summed E-state index contributed by atoms with van der Waals surface area (Å²) in [5.41, 5.74) is 0. The van der Waals surface area contributed by atoms with Gasteiger partial charge in [0, 0.05) is 25.1 Å². The van der Waals surface area contributed by atoms with Gasteiger partial charge in [0.2, 0.25) is 5.95 Å². The molecule has 0 aliphatic carbocycles. The monoisotopic (exact) mass is 213 g/mol. The molecule has 0 saturated carbocycles. The molecule has 0 spiro atoms. The van der Waals surface area contributed by atoms with Crippen LogP contribution >= 0.6 is 0 Å². The molecular formula is C9H12FN3O2. The number of nitrogens with zero attached hydrogens (tertiary/aromatic N) is 3. The van der Waals surface area contributed by atoms with Crippen molar-refractivity contribution in [1.82, 2.24) is 9.97 Å². The molecule has 0 aromatic carbocycles. The van der Waals surface area contributed by atoms with E-state index in [2.05, 4.69) is 9.97 Å². The van der Waals surface area contributed by atoms with Crippen LogP contribution in [0.2, 0.25) is 0 Å². The predicted octanol–water partition coefficient (Wildman–Crippen LogP) is -0.595. The van der Waals surface area contributed by atoms with Crippen molar-refractivity contribution in [2.75, 3.05) is 24.6 Å². The van der Waals surface area contributed by atoms with Crippen molar-refractivity contribution in [1.29, 1.82) is 0 Å². The van der Waals surface area contributed by atoms with Crippen LogP contribution < -0.4 is 4.90 Å². The second-order valence-electron chi connectivity index (χ2n) is 3.61. The number of halogens is 1.